The molecule has 32 heavy (non-hydrogen) atoms. The number of anilines is 2. The van der Waals surface area contributed by atoms with Gasteiger partial charge in [0.25, 0.3) is 0 Å². The van der Waals surface area contributed by atoms with E-state index in [1.54, 1.807) is 0 Å². The summed E-state index contributed by atoms with van der Waals surface area (Å²) in [5.41, 5.74) is 3.18. The van der Waals surface area contributed by atoms with Crippen molar-refractivity contribution in [2.75, 3.05) is 29.9 Å². The quantitative estimate of drug-likeness (QED) is 0.767. The molecule has 1 unspecified atom stereocenters. The maximum atomic E-state index is 13.2. The van der Waals surface area contributed by atoms with Gasteiger partial charge in [0, 0.05) is 42.9 Å². The van der Waals surface area contributed by atoms with Gasteiger partial charge in [-0.25, -0.2) is 9.97 Å². The molecule has 1 atom stereocenters. The van der Waals surface area contributed by atoms with Crippen molar-refractivity contribution in [3.8, 4) is 11.3 Å². The molecule has 2 fully saturated rings. The van der Waals surface area contributed by atoms with E-state index in [-0.39, 0.29) is 24.0 Å². The van der Waals surface area contributed by atoms with Crippen LogP contribution in [0.4, 0.5) is 11.5 Å². The van der Waals surface area contributed by atoms with Crippen LogP contribution >= 0.6 is 0 Å². The van der Waals surface area contributed by atoms with Crippen molar-refractivity contribution in [2.45, 2.75) is 57.6 Å². The molecule has 0 spiro atoms. The van der Waals surface area contributed by atoms with Crippen molar-refractivity contribution < 1.29 is 14.3 Å². The van der Waals surface area contributed by atoms with Gasteiger partial charge in [-0.15, -0.1) is 0 Å². The predicted octanol–water partition coefficient (Wildman–Crippen LogP) is 2.98. The lowest BCUT2D eigenvalue weighted by Gasteiger charge is -2.31. The molecule has 168 valence electrons. The van der Waals surface area contributed by atoms with Gasteiger partial charge in [0.2, 0.25) is 11.8 Å². The largest absolute Gasteiger partial charge is 0.368 e. The van der Waals surface area contributed by atoms with E-state index in [1.165, 1.54) is 13.3 Å². The zero-order valence-electron chi connectivity index (χ0n) is 18.4. The SMILES string of the molecule is CC(=O)Nc1cccc(-c2nc(C3CNCCO3)nc3c2CC(=O)N3C2CCCCC2)c1. The van der Waals surface area contributed by atoms with Crippen LogP contribution in [0.3, 0.4) is 0 Å². The van der Waals surface area contributed by atoms with Crippen molar-refractivity contribution >= 4 is 23.3 Å². The minimum atomic E-state index is -0.254. The number of carbonyl (C=O) groups excluding carboxylic acids is 2. The summed E-state index contributed by atoms with van der Waals surface area (Å²) in [4.78, 5) is 36.5. The van der Waals surface area contributed by atoms with E-state index in [2.05, 4.69) is 10.6 Å². The number of nitrogens with one attached hydrogen (secondary N) is 2. The lowest BCUT2D eigenvalue weighted by molar-refractivity contribution is -0.118. The topological polar surface area (TPSA) is 96.5 Å². The van der Waals surface area contributed by atoms with Crippen molar-refractivity contribution in [2.24, 2.45) is 0 Å². The summed E-state index contributed by atoms with van der Waals surface area (Å²) in [5, 5.41) is 6.18. The molecule has 2 N–H and O–H groups in total. The maximum Gasteiger partial charge on any atom is 0.233 e. The number of nitrogens with zero attached hydrogens (tertiary/aromatic N) is 3. The van der Waals surface area contributed by atoms with E-state index in [4.69, 9.17) is 14.7 Å². The second-order valence-electron chi connectivity index (χ2n) is 8.79. The number of hydrogen-bond acceptors (Lipinski definition) is 6. The number of aromatic nitrogens is 2. The number of rotatable bonds is 4. The highest BCUT2D eigenvalue weighted by Gasteiger charge is 2.38. The van der Waals surface area contributed by atoms with Gasteiger partial charge in [0.15, 0.2) is 5.82 Å². The highest BCUT2D eigenvalue weighted by atomic mass is 16.5. The van der Waals surface area contributed by atoms with Crippen LogP contribution in [-0.2, 0) is 20.7 Å². The van der Waals surface area contributed by atoms with Crippen LogP contribution in [0, 0.1) is 0 Å². The summed E-state index contributed by atoms with van der Waals surface area (Å²) in [7, 11) is 0. The predicted molar refractivity (Wildman–Crippen MR) is 121 cm³/mol. The summed E-state index contributed by atoms with van der Waals surface area (Å²) >= 11 is 0. The first-order valence-electron chi connectivity index (χ1n) is 11.5. The number of morpholine rings is 1. The van der Waals surface area contributed by atoms with E-state index in [0.29, 0.717) is 31.1 Å². The number of ether oxygens (including phenoxy) is 1. The van der Waals surface area contributed by atoms with E-state index >= 15 is 0 Å². The number of benzene rings is 1. The number of carbonyl (C=O) groups is 2. The molecule has 8 heteroatoms. The summed E-state index contributed by atoms with van der Waals surface area (Å²) in [6.07, 6.45) is 5.58. The standard InChI is InChI=1S/C24H29N5O3/c1-15(30)26-17-7-5-6-16(12-17)22-19-13-21(31)29(18-8-3-2-4-9-18)24(19)28-23(27-22)20-14-25-10-11-32-20/h5-7,12,18,20,25H,2-4,8-11,13-14H2,1H3,(H,26,30). The molecule has 1 aromatic carbocycles. The summed E-state index contributed by atoms with van der Waals surface area (Å²) < 4.78 is 5.95. The first kappa shape index (κ1) is 21.0. The van der Waals surface area contributed by atoms with E-state index < -0.39 is 0 Å². The van der Waals surface area contributed by atoms with Crippen molar-refractivity contribution in [1.29, 1.82) is 0 Å². The Hall–Kier alpha value is -2.84. The minimum absolute atomic E-state index is 0.0975. The number of fused-ring (bicyclic) bond motifs is 1. The molecule has 0 radical (unpaired) electrons. The van der Waals surface area contributed by atoms with Gasteiger partial charge >= 0.3 is 0 Å². The van der Waals surface area contributed by atoms with Crippen LogP contribution < -0.4 is 15.5 Å². The van der Waals surface area contributed by atoms with Gasteiger partial charge in [-0.1, -0.05) is 31.4 Å². The van der Waals surface area contributed by atoms with Crippen LogP contribution in [0.1, 0.15) is 56.5 Å². The molecule has 2 aromatic rings. The molecule has 5 rings (SSSR count). The third-order valence-electron chi connectivity index (χ3n) is 6.44. The molecule has 3 aliphatic rings. The molecule has 2 aliphatic heterocycles. The molecule has 8 nitrogen and oxygen atoms in total. The summed E-state index contributed by atoms with van der Waals surface area (Å²) in [6.45, 7) is 3.53. The Balaban J connectivity index is 1.61. The highest BCUT2D eigenvalue weighted by Crippen LogP contribution is 2.39. The first-order valence-corrected chi connectivity index (χ1v) is 11.5. The Morgan fingerprint density at radius 2 is 2.06 bits per heavy atom. The van der Waals surface area contributed by atoms with Crippen molar-refractivity contribution in [3.05, 3.63) is 35.7 Å². The monoisotopic (exact) mass is 435 g/mol. The van der Waals surface area contributed by atoms with Gasteiger partial charge < -0.3 is 15.4 Å². The Morgan fingerprint density at radius 1 is 1.22 bits per heavy atom. The van der Waals surface area contributed by atoms with Crippen LogP contribution in [0.15, 0.2) is 24.3 Å². The average Bonchev–Trinajstić information content (AvgIpc) is 3.15. The fraction of sp³-hybridized carbons (Fsp3) is 0.500. The lowest BCUT2D eigenvalue weighted by Crippen LogP contribution is -2.40. The van der Waals surface area contributed by atoms with E-state index in [9.17, 15) is 9.59 Å². The second kappa shape index (κ2) is 8.96. The van der Waals surface area contributed by atoms with Crippen LogP contribution in [0.25, 0.3) is 11.3 Å². The highest BCUT2D eigenvalue weighted by molar-refractivity contribution is 6.03. The second-order valence-corrected chi connectivity index (χ2v) is 8.79. The average molecular weight is 436 g/mol. The molecule has 1 saturated carbocycles. The molecule has 1 aliphatic carbocycles. The van der Waals surface area contributed by atoms with Gasteiger partial charge in [-0.2, -0.15) is 0 Å². The molecule has 1 aromatic heterocycles. The fourth-order valence-corrected chi connectivity index (χ4v) is 4.98. The van der Waals surface area contributed by atoms with E-state index in [0.717, 1.165) is 54.9 Å². The van der Waals surface area contributed by atoms with Crippen LogP contribution in [-0.4, -0.2) is 47.5 Å². The third-order valence-corrected chi connectivity index (χ3v) is 6.44. The number of hydrogen-bond donors (Lipinski definition) is 2. The molecule has 3 heterocycles. The molecule has 0 bridgehead atoms. The summed E-state index contributed by atoms with van der Waals surface area (Å²) in [5.74, 6) is 1.31. The molecule has 1 saturated heterocycles. The molecular formula is C24H29N5O3. The Labute approximate surface area is 187 Å². The van der Waals surface area contributed by atoms with Crippen LogP contribution in [0.2, 0.25) is 0 Å². The van der Waals surface area contributed by atoms with Crippen molar-refractivity contribution in [3.63, 3.8) is 0 Å². The summed E-state index contributed by atoms with van der Waals surface area (Å²) in [6, 6.07) is 7.81. The van der Waals surface area contributed by atoms with Gasteiger partial charge in [-0.05, 0) is 25.0 Å². The van der Waals surface area contributed by atoms with Gasteiger partial charge in [0.1, 0.15) is 11.9 Å². The first-order chi connectivity index (χ1) is 15.6. The zero-order chi connectivity index (χ0) is 22.1. The van der Waals surface area contributed by atoms with Gasteiger partial charge in [0.05, 0.1) is 18.7 Å². The third kappa shape index (κ3) is 4.12. The minimum Gasteiger partial charge on any atom is -0.368 e. The Kier molecular flexibility index (Phi) is 5.89. The maximum absolute atomic E-state index is 13.2. The molecule has 2 amide bonds. The normalized spacial score (nSPS) is 21.5. The smallest absolute Gasteiger partial charge is 0.233 e. The van der Waals surface area contributed by atoms with Crippen molar-refractivity contribution in [1.82, 2.24) is 15.3 Å². The van der Waals surface area contributed by atoms with E-state index in [1.807, 2.05) is 29.2 Å². The fourth-order valence-electron chi connectivity index (χ4n) is 4.98. The Morgan fingerprint density at radius 3 is 2.81 bits per heavy atom. The zero-order valence-corrected chi connectivity index (χ0v) is 18.4. The lowest BCUT2D eigenvalue weighted by atomic mass is 9.94. The number of amides is 2. The Bertz CT molecular complexity index is 1030. The van der Waals surface area contributed by atoms with Crippen LogP contribution in [0.5, 0.6) is 0 Å². The van der Waals surface area contributed by atoms with Gasteiger partial charge in [-0.3, -0.25) is 14.5 Å². The molecular weight excluding hydrogens is 406 g/mol.